The van der Waals surface area contributed by atoms with Crippen LogP contribution < -0.4 is 5.73 Å². The quantitative estimate of drug-likeness (QED) is 0.830. The molecule has 78 valence electrons. The Morgan fingerprint density at radius 1 is 1.64 bits per heavy atom. The van der Waals surface area contributed by atoms with Crippen LogP contribution in [0.4, 0.5) is 0 Å². The number of nitrogens with two attached hydrogens (primary N) is 1. The average Bonchev–Trinajstić information content (AvgIpc) is 2.60. The average molecular weight is 232 g/mol. The molecule has 0 unspecified atom stereocenters. The largest absolute Gasteiger partial charge is 0.320 e. The number of aromatic nitrogens is 1. The molecule has 0 saturated heterocycles. The summed E-state index contributed by atoms with van der Waals surface area (Å²) in [6.45, 7) is 0. The molecule has 2 rings (SSSR count). The van der Waals surface area contributed by atoms with Crippen LogP contribution in [0.25, 0.3) is 0 Å². The van der Waals surface area contributed by atoms with Crippen molar-refractivity contribution >= 4 is 21.2 Å². The molecule has 0 radical (unpaired) electrons. The molecule has 0 amide bonds. The number of hydrogen-bond acceptors (Lipinski definition) is 5. The van der Waals surface area contributed by atoms with Crippen molar-refractivity contribution in [1.29, 1.82) is 0 Å². The second kappa shape index (κ2) is 3.01. The van der Waals surface area contributed by atoms with Gasteiger partial charge in [-0.15, -0.1) is 11.3 Å². The molecule has 14 heavy (non-hydrogen) atoms. The molecule has 4 nitrogen and oxygen atoms in total. The van der Waals surface area contributed by atoms with Gasteiger partial charge in [0.05, 0.1) is 11.2 Å². The van der Waals surface area contributed by atoms with Crippen LogP contribution in [-0.4, -0.2) is 19.7 Å². The van der Waals surface area contributed by atoms with Crippen LogP contribution in [0.1, 0.15) is 23.5 Å². The lowest BCUT2D eigenvalue weighted by Gasteiger charge is -2.01. The molecule has 1 fully saturated rings. The highest BCUT2D eigenvalue weighted by Crippen LogP contribution is 2.42. The van der Waals surface area contributed by atoms with Crippen molar-refractivity contribution in [2.75, 3.05) is 6.26 Å². The maximum atomic E-state index is 11.0. The first-order chi connectivity index (χ1) is 6.39. The molecule has 0 spiro atoms. The van der Waals surface area contributed by atoms with Crippen LogP contribution in [0.15, 0.2) is 5.38 Å². The first-order valence-electron chi connectivity index (χ1n) is 4.31. The molecule has 1 aliphatic carbocycles. The summed E-state index contributed by atoms with van der Waals surface area (Å²) in [6.07, 6.45) is 3.12. The van der Waals surface area contributed by atoms with Gasteiger partial charge in [0.2, 0.25) is 0 Å². The molecule has 1 aromatic rings. The summed E-state index contributed by atoms with van der Waals surface area (Å²) >= 11 is 1.37. The monoisotopic (exact) mass is 232 g/mol. The van der Waals surface area contributed by atoms with Gasteiger partial charge >= 0.3 is 0 Å². The number of thiazole rings is 1. The Morgan fingerprint density at radius 2 is 2.29 bits per heavy atom. The summed E-state index contributed by atoms with van der Waals surface area (Å²) in [4.78, 5) is 4.24. The van der Waals surface area contributed by atoms with Gasteiger partial charge in [0, 0.05) is 11.6 Å². The van der Waals surface area contributed by atoms with E-state index in [-0.39, 0.29) is 11.3 Å². The third-order valence-corrected chi connectivity index (χ3v) is 4.07. The lowest BCUT2D eigenvalue weighted by molar-refractivity contribution is 0.600. The normalized spacial score (nSPS) is 19.6. The van der Waals surface area contributed by atoms with E-state index in [0.717, 1.165) is 18.5 Å². The van der Waals surface area contributed by atoms with Crippen LogP contribution in [0, 0.1) is 0 Å². The van der Waals surface area contributed by atoms with Crippen molar-refractivity contribution < 1.29 is 8.42 Å². The molecular weight excluding hydrogens is 220 g/mol. The van der Waals surface area contributed by atoms with E-state index in [1.807, 2.05) is 5.38 Å². The summed E-state index contributed by atoms with van der Waals surface area (Å²) < 4.78 is 22.0. The molecular formula is C8H12N2O2S2. The third-order valence-electron chi connectivity index (χ3n) is 2.24. The second-order valence-corrected chi connectivity index (χ2v) is 6.94. The molecule has 0 aliphatic heterocycles. The Bertz CT molecular complexity index is 446. The second-order valence-electron chi connectivity index (χ2n) is 3.85. The standard InChI is InChI=1S/C8H12N2O2S2/c1-14(11,12)5-7-10-6(4-13-7)8(9)2-3-8/h4H,2-3,5,9H2,1H3. The molecule has 0 bridgehead atoms. The van der Waals surface area contributed by atoms with Gasteiger partial charge in [-0.1, -0.05) is 0 Å². The first-order valence-corrected chi connectivity index (χ1v) is 7.25. The summed E-state index contributed by atoms with van der Waals surface area (Å²) in [5, 5.41) is 2.51. The molecule has 1 heterocycles. The molecule has 1 saturated carbocycles. The van der Waals surface area contributed by atoms with E-state index in [0.29, 0.717) is 5.01 Å². The van der Waals surface area contributed by atoms with Crippen LogP contribution in [0.2, 0.25) is 0 Å². The van der Waals surface area contributed by atoms with Crippen molar-refractivity contribution in [2.45, 2.75) is 24.1 Å². The maximum Gasteiger partial charge on any atom is 0.153 e. The fourth-order valence-electron chi connectivity index (χ4n) is 1.22. The number of nitrogens with zero attached hydrogens (tertiary/aromatic N) is 1. The van der Waals surface area contributed by atoms with E-state index < -0.39 is 9.84 Å². The van der Waals surface area contributed by atoms with Crippen molar-refractivity contribution in [1.82, 2.24) is 4.98 Å². The third kappa shape index (κ3) is 2.13. The number of rotatable bonds is 3. The minimum absolute atomic E-state index is 0.0216. The minimum Gasteiger partial charge on any atom is -0.320 e. The van der Waals surface area contributed by atoms with E-state index in [1.54, 1.807) is 0 Å². The lowest BCUT2D eigenvalue weighted by Crippen LogP contribution is -2.19. The van der Waals surface area contributed by atoms with Crippen molar-refractivity contribution in [3.8, 4) is 0 Å². The fraction of sp³-hybridized carbons (Fsp3) is 0.625. The van der Waals surface area contributed by atoms with Crippen LogP contribution in [0.3, 0.4) is 0 Å². The van der Waals surface area contributed by atoms with Gasteiger partial charge in [0.1, 0.15) is 10.8 Å². The summed E-state index contributed by atoms with van der Waals surface area (Å²) in [7, 11) is -2.98. The Kier molecular flexibility index (Phi) is 2.17. The van der Waals surface area contributed by atoms with E-state index >= 15 is 0 Å². The van der Waals surface area contributed by atoms with Crippen LogP contribution >= 0.6 is 11.3 Å². The van der Waals surface area contributed by atoms with Gasteiger partial charge in [-0.05, 0) is 12.8 Å². The highest BCUT2D eigenvalue weighted by Gasteiger charge is 2.42. The van der Waals surface area contributed by atoms with Gasteiger partial charge in [-0.25, -0.2) is 13.4 Å². The smallest absolute Gasteiger partial charge is 0.153 e. The van der Waals surface area contributed by atoms with Gasteiger partial charge in [-0.2, -0.15) is 0 Å². The molecule has 2 N–H and O–H groups in total. The molecule has 0 aromatic carbocycles. The highest BCUT2D eigenvalue weighted by molar-refractivity contribution is 7.90. The van der Waals surface area contributed by atoms with Gasteiger partial charge in [0.25, 0.3) is 0 Å². The number of sulfone groups is 1. The molecule has 1 aliphatic rings. The molecule has 6 heteroatoms. The lowest BCUT2D eigenvalue weighted by atomic mass is 10.2. The van der Waals surface area contributed by atoms with E-state index in [2.05, 4.69) is 4.98 Å². The van der Waals surface area contributed by atoms with Crippen LogP contribution in [0.5, 0.6) is 0 Å². The molecule has 0 atom stereocenters. The van der Waals surface area contributed by atoms with Gasteiger partial charge < -0.3 is 5.73 Å². The van der Waals surface area contributed by atoms with Gasteiger partial charge in [0.15, 0.2) is 9.84 Å². The summed E-state index contributed by atoms with van der Waals surface area (Å²) in [6, 6.07) is 0. The predicted octanol–water partition coefficient (Wildman–Crippen LogP) is 0.636. The van der Waals surface area contributed by atoms with Crippen molar-refractivity contribution in [2.24, 2.45) is 5.73 Å². The zero-order valence-corrected chi connectivity index (χ0v) is 9.49. The zero-order valence-electron chi connectivity index (χ0n) is 7.86. The van der Waals surface area contributed by atoms with Crippen molar-refractivity contribution in [3.05, 3.63) is 16.1 Å². The Labute approximate surface area is 87.1 Å². The summed E-state index contributed by atoms with van der Waals surface area (Å²) in [5.41, 5.74) is 6.53. The fourth-order valence-corrected chi connectivity index (χ4v) is 3.33. The number of hydrogen-bond donors (Lipinski definition) is 1. The van der Waals surface area contributed by atoms with E-state index in [1.165, 1.54) is 17.6 Å². The Morgan fingerprint density at radius 3 is 2.79 bits per heavy atom. The van der Waals surface area contributed by atoms with E-state index in [4.69, 9.17) is 5.73 Å². The first kappa shape index (κ1) is 10.1. The minimum atomic E-state index is -2.98. The summed E-state index contributed by atoms with van der Waals surface area (Å²) in [5.74, 6) is 0.0216. The van der Waals surface area contributed by atoms with Crippen molar-refractivity contribution in [3.63, 3.8) is 0 Å². The Balaban J connectivity index is 2.18. The molecule has 1 aromatic heterocycles. The topological polar surface area (TPSA) is 73.0 Å². The maximum absolute atomic E-state index is 11.0. The zero-order chi connectivity index (χ0) is 10.4. The van der Waals surface area contributed by atoms with Gasteiger partial charge in [-0.3, -0.25) is 0 Å². The van der Waals surface area contributed by atoms with E-state index in [9.17, 15) is 8.42 Å². The van der Waals surface area contributed by atoms with Crippen LogP contribution in [-0.2, 0) is 21.1 Å². The highest BCUT2D eigenvalue weighted by atomic mass is 32.2. The SMILES string of the molecule is CS(=O)(=O)Cc1nc(C2(N)CC2)cs1. The predicted molar refractivity (Wildman–Crippen MR) is 55.8 cm³/mol. The Hall–Kier alpha value is -0.460.